The molecule has 1 saturated heterocycles. The van der Waals surface area contributed by atoms with Crippen LogP contribution in [0.4, 0.5) is 0 Å². The number of carbonyl (C=O) groups is 1. The van der Waals surface area contributed by atoms with Crippen molar-refractivity contribution in [2.24, 2.45) is 0 Å². The number of aromatic nitrogens is 2. The van der Waals surface area contributed by atoms with Crippen LogP contribution in [0.2, 0.25) is 0 Å². The molecule has 1 fully saturated rings. The van der Waals surface area contributed by atoms with Crippen LogP contribution in [-0.2, 0) is 20.7 Å². The molecule has 8 nitrogen and oxygen atoms in total. The summed E-state index contributed by atoms with van der Waals surface area (Å²) < 4.78 is 11.0. The van der Waals surface area contributed by atoms with Crippen molar-refractivity contribution in [1.82, 2.24) is 15.3 Å². The minimum absolute atomic E-state index is 0.0458. The van der Waals surface area contributed by atoms with Gasteiger partial charge in [0.05, 0.1) is 32.0 Å². The number of nitrogens with zero attached hydrogens (tertiary/aromatic N) is 1. The summed E-state index contributed by atoms with van der Waals surface area (Å²) in [6.45, 7) is 4.76. The van der Waals surface area contributed by atoms with Crippen LogP contribution in [0, 0.1) is 13.8 Å². The predicted octanol–water partition coefficient (Wildman–Crippen LogP) is -0.398. The number of aliphatic hydroxyl groups is 1. The molecule has 134 valence electrons. The van der Waals surface area contributed by atoms with E-state index in [9.17, 15) is 9.59 Å². The number of aryl methyl sites for hydroxylation is 2. The highest BCUT2D eigenvalue weighted by Gasteiger charge is 2.27. The van der Waals surface area contributed by atoms with Crippen molar-refractivity contribution in [3.05, 3.63) is 27.4 Å². The van der Waals surface area contributed by atoms with Crippen LogP contribution in [0.25, 0.3) is 0 Å². The number of rotatable bonds is 7. The molecule has 0 aromatic carbocycles. The molecule has 0 aliphatic carbocycles. The lowest BCUT2D eigenvalue weighted by atomic mass is 10.0. The summed E-state index contributed by atoms with van der Waals surface area (Å²) in [5.74, 6) is -0.104. The van der Waals surface area contributed by atoms with Crippen molar-refractivity contribution in [3.8, 4) is 0 Å². The van der Waals surface area contributed by atoms with Crippen LogP contribution in [0.5, 0.6) is 0 Å². The lowest BCUT2D eigenvalue weighted by Gasteiger charge is -2.32. The monoisotopic (exact) mass is 339 g/mol. The van der Waals surface area contributed by atoms with E-state index in [0.717, 1.165) is 11.3 Å². The molecule has 3 N–H and O–H groups in total. The van der Waals surface area contributed by atoms with Gasteiger partial charge in [-0.25, -0.2) is 4.79 Å². The maximum Gasteiger partial charge on any atom is 0.345 e. The minimum Gasteiger partial charge on any atom is -0.394 e. The Morgan fingerprint density at radius 3 is 3.00 bits per heavy atom. The third-order valence-electron chi connectivity index (χ3n) is 4.12. The van der Waals surface area contributed by atoms with E-state index < -0.39 is 0 Å². The first kappa shape index (κ1) is 18.6. The molecule has 1 aromatic rings. The van der Waals surface area contributed by atoms with Crippen molar-refractivity contribution in [2.75, 3.05) is 26.4 Å². The van der Waals surface area contributed by atoms with E-state index in [2.05, 4.69) is 15.3 Å². The Bertz CT molecular complexity index is 590. The van der Waals surface area contributed by atoms with Gasteiger partial charge >= 0.3 is 5.69 Å². The fourth-order valence-electron chi connectivity index (χ4n) is 2.90. The van der Waals surface area contributed by atoms with Crippen molar-refractivity contribution < 1.29 is 19.4 Å². The van der Waals surface area contributed by atoms with E-state index in [1.165, 1.54) is 0 Å². The number of hydrogen-bond donors (Lipinski definition) is 3. The van der Waals surface area contributed by atoms with Crippen LogP contribution < -0.4 is 11.0 Å². The molecule has 2 heterocycles. The highest BCUT2D eigenvalue weighted by atomic mass is 16.5. The molecule has 0 spiro atoms. The molecule has 0 radical (unpaired) electrons. The Labute approximate surface area is 140 Å². The van der Waals surface area contributed by atoms with Gasteiger partial charge in [-0.05, 0) is 32.3 Å². The van der Waals surface area contributed by atoms with E-state index in [1.807, 2.05) is 0 Å². The van der Waals surface area contributed by atoms with E-state index in [-0.39, 0.29) is 37.0 Å². The van der Waals surface area contributed by atoms with Crippen molar-refractivity contribution in [1.29, 1.82) is 0 Å². The number of carbonyl (C=O) groups excluding carboxylic acids is 1. The largest absolute Gasteiger partial charge is 0.394 e. The fraction of sp³-hybridized carbons (Fsp3) is 0.688. The second-order valence-electron chi connectivity index (χ2n) is 5.90. The SMILES string of the molecule is Cc1nc(=O)[nH]c(C)c1CCC(=O)N[C@@H]1COCC[C@@H]1OCCO. The third-order valence-corrected chi connectivity index (χ3v) is 4.12. The first-order valence-electron chi connectivity index (χ1n) is 8.17. The summed E-state index contributed by atoms with van der Waals surface area (Å²) in [5.41, 5.74) is 1.90. The molecule has 1 aromatic heterocycles. The number of hydrogen-bond acceptors (Lipinski definition) is 6. The molecule has 0 bridgehead atoms. The summed E-state index contributed by atoms with van der Waals surface area (Å²) in [6.07, 6.45) is 1.34. The highest BCUT2D eigenvalue weighted by Crippen LogP contribution is 2.13. The average molecular weight is 339 g/mol. The van der Waals surface area contributed by atoms with Crippen molar-refractivity contribution in [3.63, 3.8) is 0 Å². The number of aliphatic hydroxyl groups excluding tert-OH is 1. The number of nitrogens with one attached hydrogen (secondary N) is 2. The van der Waals surface area contributed by atoms with Gasteiger partial charge < -0.3 is 24.9 Å². The fourth-order valence-corrected chi connectivity index (χ4v) is 2.90. The zero-order valence-corrected chi connectivity index (χ0v) is 14.1. The molecular formula is C16H25N3O5. The van der Waals surface area contributed by atoms with Gasteiger partial charge in [-0.15, -0.1) is 0 Å². The Morgan fingerprint density at radius 2 is 2.29 bits per heavy atom. The molecule has 1 aliphatic rings. The predicted molar refractivity (Wildman–Crippen MR) is 86.8 cm³/mol. The van der Waals surface area contributed by atoms with Gasteiger partial charge in [-0.3, -0.25) is 4.79 Å². The number of ether oxygens (including phenoxy) is 2. The molecule has 0 saturated carbocycles. The summed E-state index contributed by atoms with van der Waals surface area (Å²) in [6, 6.07) is -0.214. The highest BCUT2D eigenvalue weighted by molar-refractivity contribution is 5.76. The maximum atomic E-state index is 12.2. The molecule has 2 rings (SSSR count). The zero-order valence-electron chi connectivity index (χ0n) is 14.1. The topological polar surface area (TPSA) is 114 Å². The standard InChI is InChI=1S/C16H25N3O5/c1-10-12(11(2)18-16(22)17-10)3-4-15(21)19-13-9-23-7-5-14(13)24-8-6-20/h13-14,20H,3-9H2,1-2H3,(H,19,21)(H,17,18,22)/t13-,14+/m1/s1. The Hall–Kier alpha value is -1.77. The van der Waals surface area contributed by atoms with Crippen LogP contribution in [0.15, 0.2) is 4.79 Å². The zero-order chi connectivity index (χ0) is 17.5. The van der Waals surface area contributed by atoms with Gasteiger partial charge in [0.1, 0.15) is 0 Å². The average Bonchev–Trinajstić information content (AvgIpc) is 2.53. The maximum absolute atomic E-state index is 12.2. The normalized spacial score (nSPS) is 20.8. The third kappa shape index (κ3) is 5.12. The quantitative estimate of drug-likeness (QED) is 0.623. The molecular weight excluding hydrogens is 314 g/mol. The molecule has 8 heteroatoms. The molecule has 2 atom stereocenters. The number of amides is 1. The summed E-state index contributed by atoms with van der Waals surface area (Å²) in [4.78, 5) is 30.0. The number of H-pyrrole nitrogens is 1. The van der Waals surface area contributed by atoms with Crippen LogP contribution >= 0.6 is 0 Å². The summed E-state index contributed by atoms with van der Waals surface area (Å²) in [5, 5.41) is 11.8. The first-order valence-corrected chi connectivity index (χ1v) is 8.17. The van der Waals surface area contributed by atoms with Gasteiger partial charge in [0, 0.05) is 24.4 Å². The van der Waals surface area contributed by atoms with Gasteiger partial charge in [0.25, 0.3) is 0 Å². The van der Waals surface area contributed by atoms with Crippen LogP contribution in [0.1, 0.15) is 29.8 Å². The van der Waals surface area contributed by atoms with Crippen LogP contribution in [0.3, 0.4) is 0 Å². The second-order valence-corrected chi connectivity index (χ2v) is 5.90. The Kier molecular flexibility index (Phi) is 6.89. The van der Waals surface area contributed by atoms with Gasteiger partial charge in [-0.1, -0.05) is 0 Å². The van der Waals surface area contributed by atoms with Gasteiger partial charge in [-0.2, -0.15) is 4.98 Å². The lowest BCUT2D eigenvalue weighted by molar-refractivity contribution is -0.126. The summed E-state index contributed by atoms with van der Waals surface area (Å²) >= 11 is 0. The lowest BCUT2D eigenvalue weighted by Crippen LogP contribution is -2.50. The first-order chi connectivity index (χ1) is 11.5. The van der Waals surface area contributed by atoms with Crippen molar-refractivity contribution in [2.45, 2.75) is 45.3 Å². The second kappa shape index (κ2) is 8.91. The van der Waals surface area contributed by atoms with Gasteiger partial charge in [0.15, 0.2) is 0 Å². The molecule has 24 heavy (non-hydrogen) atoms. The minimum atomic E-state index is -0.374. The number of aromatic amines is 1. The van der Waals surface area contributed by atoms with E-state index in [1.54, 1.807) is 13.8 Å². The molecule has 1 amide bonds. The van der Waals surface area contributed by atoms with Gasteiger partial charge in [0.2, 0.25) is 5.91 Å². The molecule has 1 aliphatic heterocycles. The smallest absolute Gasteiger partial charge is 0.345 e. The van der Waals surface area contributed by atoms with E-state index in [4.69, 9.17) is 14.6 Å². The van der Waals surface area contributed by atoms with E-state index in [0.29, 0.717) is 38.2 Å². The van der Waals surface area contributed by atoms with Crippen molar-refractivity contribution >= 4 is 5.91 Å². The van der Waals surface area contributed by atoms with Crippen LogP contribution in [-0.4, -0.2) is 59.6 Å². The summed E-state index contributed by atoms with van der Waals surface area (Å²) in [7, 11) is 0. The van der Waals surface area contributed by atoms with E-state index >= 15 is 0 Å². The Balaban J connectivity index is 1.89. The molecule has 0 unspecified atom stereocenters. The Morgan fingerprint density at radius 1 is 1.50 bits per heavy atom.